The topological polar surface area (TPSA) is 56.8 Å². The smallest absolute Gasteiger partial charge is 0.251 e. The summed E-state index contributed by atoms with van der Waals surface area (Å²) in [4.78, 5) is 12.1. The number of carbonyl (C=O) groups is 1. The minimum Gasteiger partial charge on any atom is -0.493 e. The number of benzene rings is 1. The van der Waals surface area contributed by atoms with Crippen LogP contribution in [0.5, 0.6) is 11.5 Å². The van der Waals surface area contributed by atoms with Gasteiger partial charge in [-0.25, -0.2) is 0 Å². The first-order chi connectivity index (χ1) is 11.2. The molecule has 0 atom stereocenters. The maximum Gasteiger partial charge on any atom is 0.251 e. The molecule has 0 aliphatic heterocycles. The Morgan fingerprint density at radius 2 is 1.87 bits per heavy atom. The molecule has 0 saturated heterocycles. The molecule has 0 heterocycles. The van der Waals surface area contributed by atoms with Crippen LogP contribution in [0.2, 0.25) is 0 Å². The lowest BCUT2D eigenvalue weighted by Gasteiger charge is -2.21. The number of hydrogen-bond acceptors (Lipinski definition) is 4. The minimum atomic E-state index is -0.108. The first-order valence-electron chi connectivity index (χ1n) is 8.36. The lowest BCUT2D eigenvalue weighted by Crippen LogP contribution is -2.26. The van der Waals surface area contributed by atoms with Crippen LogP contribution in [-0.4, -0.2) is 39.4 Å². The van der Waals surface area contributed by atoms with E-state index in [1.54, 1.807) is 32.4 Å². The molecule has 5 nitrogen and oxygen atoms in total. The summed E-state index contributed by atoms with van der Waals surface area (Å²) in [6.45, 7) is 1.32. The van der Waals surface area contributed by atoms with Crippen LogP contribution in [0.15, 0.2) is 18.2 Å². The van der Waals surface area contributed by atoms with E-state index in [1.807, 2.05) is 0 Å². The van der Waals surface area contributed by atoms with Gasteiger partial charge in [-0.05, 0) is 37.5 Å². The van der Waals surface area contributed by atoms with Gasteiger partial charge in [0, 0.05) is 18.7 Å². The Kier molecular flexibility index (Phi) is 7.20. The fourth-order valence-corrected chi connectivity index (χ4v) is 2.84. The zero-order chi connectivity index (χ0) is 16.5. The molecule has 1 aliphatic carbocycles. The molecule has 0 spiro atoms. The SMILES string of the molecule is COc1ccc(C(=O)NCCCOC2CCCCC2)cc1OC. The Bertz CT molecular complexity index is 498. The predicted molar refractivity (Wildman–Crippen MR) is 89.3 cm³/mol. The van der Waals surface area contributed by atoms with Gasteiger partial charge in [-0.1, -0.05) is 19.3 Å². The standard InChI is InChI=1S/C18H27NO4/c1-21-16-10-9-14(13-17(16)22-2)18(20)19-11-6-12-23-15-7-4-3-5-8-15/h9-10,13,15H,3-8,11-12H2,1-2H3,(H,19,20). The number of ether oxygens (including phenoxy) is 3. The molecule has 1 aliphatic rings. The fourth-order valence-electron chi connectivity index (χ4n) is 2.84. The van der Waals surface area contributed by atoms with Gasteiger partial charge in [0.25, 0.3) is 5.91 Å². The summed E-state index contributed by atoms with van der Waals surface area (Å²) < 4.78 is 16.2. The lowest BCUT2D eigenvalue weighted by molar-refractivity contribution is 0.0273. The van der Waals surface area contributed by atoms with Gasteiger partial charge in [-0.2, -0.15) is 0 Å². The Balaban J connectivity index is 1.70. The first kappa shape index (κ1) is 17.6. The van der Waals surface area contributed by atoms with E-state index in [1.165, 1.54) is 32.1 Å². The van der Waals surface area contributed by atoms with Crippen molar-refractivity contribution >= 4 is 5.91 Å². The molecular weight excluding hydrogens is 294 g/mol. The summed E-state index contributed by atoms with van der Waals surface area (Å²) in [6, 6.07) is 5.15. The number of rotatable bonds is 8. The zero-order valence-electron chi connectivity index (χ0n) is 14.1. The Morgan fingerprint density at radius 3 is 2.57 bits per heavy atom. The maximum atomic E-state index is 12.1. The van der Waals surface area contributed by atoms with E-state index in [-0.39, 0.29) is 5.91 Å². The van der Waals surface area contributed by atoms with Gasteiger partial charge in [0.1, 0.15) is 0 Å². The fraction of sp³-hybridized carbons (Fsp3) is 0.611. The third kappa shape index (κ3) is 5.43. The van der Waals surface area contributed by atoms with Crippen molar-refractivity contribution < 1.29 is 19.0 Å². The summed E-state index contributed by atoms with van der Waals surface area (Å²) in [7, 11) is 3.13. The molecule has 5 heteroatoms. The van der Waals surface area contributed by atoms with Crippen molar-refractivity contribution in [1.82, 2.24) is 5.32 Å². The van der Waals surface area contributed by atoms with Gasteiger partial charge < -0.3 is 19.5 Å². The molecule has 1 amide bonds. The van der Waals surface area contributed by atoms with Gasteiger partial charge in [-0.3, -0.25) is 4.79 Å². The molecule has 0 aromatic heterocycles. The van der Waals surface area contributed by atoms with Crippen molar-refractivity contribution in [3.8, 4) is 11.5 Å². The summed E-state index contributed by atoms with van der Waals surface area (Å²) >= 11 is 0. The number of carbonyl (C=O) groups excluding carboxylic acids is 1. The summed E-state index contributed by atoms with van der Waals surface area (Å²) in [5.41, 5.74) is 0.566. The van der Waals surface area contributed by atoms with E-state index < -0.39 is 0 Å². The van der Waals surface area contributed by atoms with E-state index in [4.69, 9.17) is 14.2 Å². The van der Waals surface area contributed by atoms with E-state index in [2.05, 4.69) is 5.32 Å². The quantitative estimate of drug-likeness (QED) is 0.747. The highest BCUT2D eigenvalue weighted by Crippen LogP contribution is 2.27. The molecule has 1 fully saturated rings. The molecule has 1 N–H and O–H groups in total. The second kappa shape index (κ2) is 9.40. The van der Waals surface area contributed by atoms with E-state index in [0.29, 0.717) is 36.3 Å². The van der Waals surface area contributed by atoms with Crippen LogP contribution in [-0.2, 0) is 4.74 Å². The van der Waals surface area contributed by atoms with Crippen molar-refractivity contribution in [2.75, 3.05) is 27.4 Å². The van der Waals surface area contributed by atoms with Crippen molar-refractivity contribution in [1.29, 1.82) is 0 Å². The molecule has 1 aromatic carbocycles. The predicted octanol–water partition coefficient (Wildman–Crippen LogP) is 3.17. The average molecular weight is 321 g/mol. The van der Waals surface area contributed by atoms with Crippen molar-refractivity contribution in [2.24, 2.45) is 0 Å². The van der Waals surface area contributed by atoms with Gasteiger partial charge in [-0.15, -0.1) is 0 Å². The Hall–Kier alpha value is -1.75. The number of hydrogen-bond donors (Lipinski definition) is 1. The van der Waals surface area contributed by atoms with Gasteiger partial charge in [0.15, 0.2) is 11.5 Å². The Morgan fingerprint density at radius 1 is 1.13 bits per heavy atom. The second-order valence-corrected chi connectivity index (χ2v) is 5.81. The second-order valence-electron chi connectivity index (χ2n) is 5.81. The number of nitrogens with one attached hydrogen (secondary N) is 1. The van der Waals surface area contributed by atoms with Crippen LogP contribution in [0, 0.1) is 0 Å². The van der Waals surface area contributed by atoms with Crippen LogP contribution in [0.4, 0.5) is 0 Å². The summed E-state index contributed by atoms with van der Waals surface area (Å²) in [5.74, 6) is 1.06. The normalized spacial score (nSPS) is 15.2. The van der Waals surface area contributed by atoms with E-state index in [0.717, 1.165) is 6.42 Å². The van der Waals surface area contributed by atoms with Crippen LogP contribution >= 0.6 is 0 Å². The highest BCUT2D eigenvalue weighted by atomic mass is 16.5. The largest absolute Gasteiger partial charge is 0.493 e. The third-order valence-corrected chi connectivity index (χ3v) is 4.16. The Labute approximate surface area is 138 Å². The van der Waals surface area contributed by atoms with Crippen molar-refractivity contribution in [3.05, 3.63) is 23.8 Å². The average Bonchev–Trinajstić information content (AvgIpc) is 2.61. The van der Waals surface area contributed by atoms with E-state index in [9.17, 15) is 4.79 Å². The molecule has 0 unspecified atom stereocenters. The molecular formula is C18H27NO4. The monoisotopic (exact) mass is 321 g/mol. The number of methoxy groups -OCH3 is 2. The molecule has 128 valence electrons. The van der Waals surface area contributed by atoms with Crippen LogP contribution in [0.3, 0.4) is 0 Å². The number of amides is 1. The summed E-state index contributed by atoms with van der Waals surface area (Å²) in [6.07, 6.45) is 7.50. The van der Waals surface area contributed by atoms with E-state index >= 15 is 0 Å². The van der Waals surface area contributed by atoms with Gasteiger partial charge in [0.05, 0.1) is 20.3 Å². The molecule has 1 saturated carbocycles. The van der Waals surface area contributed by atoms with Gasteiger partial charge >= 0.3 is 0 Å². The van der Waals surface area contributed by atoms with Crippen molar-refractivity contribution in [3.63, 3.8) is 0 Å². The zero-order valence-corrected chi connectivity index (χ0v) is 14.1. The van der Waals surface area contributed by atoms with Crippen LogP contribution in [0.25, 0.3) is 0 Å². The highest BCUT2D eigenvalue weighted by molar-refractivity contribution is 5.94. The highest BCUT2D eigenvalue weighted by Gasteiger charge is 2.13. The maximum absolute atomic E-state index is 12.1. The first-order valence-corrected chi connectivity index (χ1v) is 8.36. The lowest BCUT2D eigenvalue weighted by atomic mass is 9.98. The van der Waals surface area contributed by atoms with Crippen molar-refractivity contribution in [2.45, 2.75) is 44.6 Å². The molecule has 0 bridgehead atoms. The third-order valence-electron chi connectivity index (χ3n) is 4.16. The minimum absolute atomic E-state index is 0.108. The molecule has 1 aromatic rings. The molecule has 2 rings (SSSR count). The van der Waals surface area contributed by atoms with Gasteiger partial charge in [0.2, 0.25) is 0 Å². The summed E-state index contributed by atoms with van der Waals surface area (Å²) in [5, 5.41) is 2.91. The molecule has 23 heavy (non-hydrogen) atoms. The van der Waals surface area contributed by atoms with Crippen LogP contribution in [0.1, 0.15) is 48.9 Å². The molecule has 0 radical (unpaired) electrons. The van der Waals surface area contributed by atoms with Crippen LogP contribution < -0.4 is 14.8 Å².